The Balaban J connectivity index is 1.58. The van der Waals surface area contributed by atoms with E-state index in [0.717, 1.165) is 33.1 Å². The summed E-state index contributed by atoms with van der Waals surface area (Å²) in [6, 6.07) is 6.25. The van der Waals surface area contributed by atoms with E-state index >= 15 is 0 Å². The molecule has 0 radical (unpaired) electrons. The van der Waals surface area contributed by atoms with Gasteiger partial charge < -0.3 is 10.1 Å². The zero-order valence-corrected chi connectivity index (χ0v) is 13.6. The van der Waals surface area contributed by atoms with E-state index in [1.54, 1.807) is 18.4 Å². The van der Waals surface area contributed by atoms with Crippen LogP contribution in [-0.4, -0.2) is 29.8 Å². The summed E-state index contributed by atoms with van der Waals surface area (Å²) in [5.74, 6) is 1.36. The molecule has 1 aliphatic carbocycles. The molecule has 1 saturated carbocycles. The first-order valence-corrected chi connectivity index (χ1v) is 8.91. The molecule has 112 valence electrons. The second-order valence-corrected chi connectivity index (χ2v) is 7.40. The monoisotopic (exact) mass is 322 g/mol. The van der Waals surface area contributed by atoms with Crippen molar-refractivity contribution < 1.29 is 9.53 Å². The number of hydrogen-bond acceptors (Lipinski definition) is 5. The van der Waals surface area contributed by atoms with Gasteiger partial charge in [0.15, 0.2) is 4.34 Å². The topological polar surface area (TPSA) is 51.2 Å². The standard InChI is InChI=1S/C15H18N2O2S2/c1-19-11-6-7-13-12(8-11)17-15(21-13)20-9-14(18)16-10-4-2-3-5-10/h6-8,10H,2-5,9H2,1H3,(H,16,18). The van der Waals surface area contributed by atoms with Gasteiger partial charge in [0, 0.05) is 12.1 Å². The van der Waals surface area contributed by atoms with Crippen LogP contribution in [0.4, 0.5) is 0 Å². The normalized spacial score (nSPS) is 15.5. The second kappa shape index (κ2) is 6.66. The number of carbonyl (C=O) groups is 1. The van der Waals surface area contributed by atoms with Gasteiger partial charge in [-0.15, -0.1) is 11.3 Å². The molecular weight excluding hydrogens is 304 g/mol. The Kier molecular flexibility index (Phi) is 4.65. The van der Waals surface area contributed by atoms with Gasteiger partial charge in [-0.3, -0.25) is 4.79 Å². The molecule has 1 amide bonds. The summed E-state index contributed by atoms with van der Waals surface area (Å²) in [6.07, 6.45) is 4.71. The predicted octanol–water partition coefficient (Wildman–Crippen LogP) is 3.46. The number of fused-ring (bicyclic) bond motifs is 1. The Labute approximate surface area is 132 Å². The van der Waals surface area contributed by atoms with Crippen molar-refractivity contribution in [3.63, 3.8) is 0 Å². The Morgan fingerprint density at radius 3 is 3.05 bits per heavy atom. The van der Waals surface area contributed by atoms with Crippen LogP contribution in [0, 0.1) is 0 Å². The van der Waals surface area contributed by atoms with Gasteiger partial charge in [0.25, 0.3) is 0 Å². The Morgan fingerprint density at radius 2 is 2.29 bits per heavy atom. The molecule has 0 aliphatic heterocycles. The van der Waals surface area contributed by atoms with Crippen molar-refractivity contribution in [2.75, 3.05) is 12.9 Å². The average molecular weight is 322 g/mol. The SMILES string of the molecule is COc1ccc2sc(SCC(=O)NC3CCCC3)nc2c1. The highest BCUT2D eigenvalue weighted by Crippen LogP contribution is 2.31. The van der Waals surface area contributed by atoms with Crippen molar-refractivity contribution in [1.29, 1.82) is 0 Å². The van der Waals surface area contributed by atoms with Gasteiger partial charge in [0.2, 0.25) is 5.91 Å². The van der Waals surface area contributed by atoms with Crippen LogP contribution >= 0.6 is 23.1 Å². The number of ether oxygens (including phenoxy) is 1. The van der Waals surface area contributed by atoms with Crippen LogP contribution in [0.5, 0.6) is 5.75 Å². The highest BCUT2D eigenvalue weighted by Gasteiger charge is 2.17. The zero-order chi connectivity index (χ0) is 14.7. The van der Waals surface area contributed by atoms with Crippen LogP contribution < -0.4 is 10.1 Å². The Bertz CT molecular complexity index is 636. The molecule has 1 heterocycles. The van der Waals surface area contributed by atoms with E-state index in [4.69, 9.17) is 4.74 Å². The summed E-state index contributed by atoms with van der Waals surface area (Å²) in [7, 11) is 1.65. The molecule has 1 aliphatic rings. The fourth-order valence-corrected chi connectivity index (χ4v) is 4.40. The van der Waals surface area contributed by atoms with Crippen molar-refractivity contribution in [2.24, 2.45) is 0 Å². The maximum absolute atomic E-state index is 11.9. The van der Waals surface area contributed by atoms with Crippen LogP contribution in [0.25, 0.3) is 10.2 Å². The van der Waals surface area contributed by atoms with Crippen molar-refractivity contribution in [1.82, 2.24) is 10.3 Å². The van der Waals surface area contributed by atoms with Crippen molar-refractivity contribution in [3.8, 4) is 5.75 Å². The molecule has 1 aromatic carbocycles. The minimum Gasteiger partial charge on any atom is -0.497 e. The molecule has 0 bridgehead atoms. The van der Waals surface area contributed by atoms with E-state index in [1.807, 2.05) is 18.2 Å². The summed E-state index contributed by atoms with van der Waals surface area (Å²) in [6.45, 7) is 0. The lowest BCUT2D eigenvalue weighted by Crippen LogP contribution is -2.33. The predicted molar refractivity (Wildman–Crippen MR) is 87.3 cm³/mol. The fourth-order valence-electron chi connectivity index (χ4n) is 2.54. The third-order valence-corrected chi connectivity index (χ3v) is 5.80. The van der Waals surface area contributed by atoms with Crippen LogP contribution in [0.15, 0.2) is 22.5 Å². The van der Waals surface area contributed by atoms with Crippen molar-refractivity contribution in [3.05, 3.63) is 18.2 Å². The molecule has 4 nitrogen and oxygen atoms in total. The zero-order valence-electron chi connectivity index (χ0n) is 11.9. The van der Waals surface area contributed by atoms with Gasteiger partial charge >= 0.3 is 0 Å². The molecule has 1 aromatic heterocycles. The first kappa shape index (κ1) is 14.7. The largest absolute Gasteiger partial charge is 0.497 e. The average Bonchev–Trinajstić information content (AvgIpc) is 3.12. The number of benzene rings is 1. The molecule has 0 unspecified atom stereocenters. The lowest BCUT2D eigenvalue weighted by Gasteiger charge is -2.10. The van der Waals surface area contributed by atoms with Gasteiger partial charge in [0.1, 0.15) is 5.75 Å². The van der Waals surface area contributed by atoms with Gasteiger partial charge in [-0.1, -0.05) is 24.6 Å². The molecule has 0 spiro atoms. The van der Waals surface area contributed by atoms with E-state index in [1.165, 1.54) is 24.6 Å². The number of amides is 1. The highest BCUT2D eigenvalue weighted by molar-refractivity contribution is 8.01. The molecule has 21 heavy (non-hydrogen) atoms. The van der Waals surface area contributed by atoms with Crippen LogP contribution in [0.1, 0.15) is 25.7 Å². The van der Waals surface area contributed by atoms with E-state index in [2.05, 4.69) is 10.3 Å². The number of thioether (sulfide) groups is 1. The smallest absolute Gasteiger partial charge is 0.230 e. The minimum absolute atomic E-state index is 0.115. The van der Waals surface area contributed by atoms with Crippen LogP contribution in [0.2, 0.25) is 0 Å². The summed E-state index contributed by atoms with van der Waals surface area (Å²) >= 11 is 3.12. The number of carbonyl (C=O) groups excluding carboxylic acids is 1. The highest BCUT2D eigenvalue weighted by atomic mass is 32.2. The molecule has 3 rings (SSSR count). The Morgan fingerprint density at radius 1 is 1.48 bits per heavy atom. The van der Waals surface area contributed by atoms with Crippen molar-refractivity contribution in [2.45, 2.75) is 36.1 Å². The summed E-state index contributed by atoms with van der Waals surface area (Å²) in [5.41, 5.74) is 0.929. The molecule has 0 atom stereocenters. The number of thiazole rings is 1. The van der Waals surface area contributed by atoms with Gasteiger partial charge in [-0.05, 0) is 25.0 Å². The molecule has 1 fully saturated rings. The third-order valence-electron chi connectivity index (χ3n) is 3.62. The first-order chi connectivity index (χ1) is 10.2. The number of hydrogen-bond donors (Lipinski definition) is 1. The quantitative estimate of drug-likeness (QED) is 0.857. The van der Waals surface area contributed by atoms with Crippen molar-refractivity contribution >= 4 is 39.2 Å². The van der Waals surface area contributed by atoms with Crippen LogP contribution in [-0.2, 0) is 4.79 Å². The maximum atomic E-state index is 11.9. The lowest BCUT2D eigenvalue weighted by atomic mass is 10.2. The van der Waals surface area contributed by atoms with E-state index in [-0.39, 0.29) is 5.91 Å². The summed E-state index contributed by atoms with van der Waals surface area (Å²) in [4.78, 5) is 16.5. The Hall–Kier alpha value is -1.27. The molecule has 2 aromatic rings. The fraction of sp³-hybridized carbons (Fsp3) is 0.467. The third kappa shape index (κ3) is 3.68. The number of methoxy groups -OCH3 is 1. The number of nitrogens with zero attached hydrogens (tertiary/aromatic N) is 1. The number of nitrogens with one attached hydrogen (secondary N) is 1. The minimum atomic E-state index is 0.115. The first-order valence-electron chi connectivity index (χ1n) is 7.11. The number of rotatable bonds is 5. The van der Waals surface area contributed by atoms with Gasteiger partial charge in [-0.2, -0.15) is 0 Å². The molecular formula is C15H18N2O2S2. The van der Waals surface area contributed by atoms with Gasteiger partial charge in [0.05, 0.1) is 23.1 Å². The summed E-state index contributed by atoms with van der Waals surface area (Å²) < 4.78 is 7.25. The number of aromatic nitrogens is 1. The molecule has 1 N–H and O–H groups in total. The van der Waals surface area contributed by atoms with E-state index in [0.29, 0.717) is 11.8 Å². The van der Waals surface area contributed by atoms with E-state index < -0.39 is 0 Å². The molecule has 6 heteroatoms. The lowest BCUT2D eigenvalue weighted by molar-refractivity contribution is -0.119. The van der Waals surface area contributed by atoms with Gasteiger partial charge in [-0.25, -0.2) is 4.98 Å². The van der Waals surface area contributed by atoms with Crippen LogP contribution in [0.3, 0.4) is 0 Å². The second-order valence-electron chi connectivity index (χ2n) is 5.15. The summed E-state index contributed by atoms with van der Waals surface area (Å²) in [5, 5.41) is 3.10. The maximum Gasteiger partial charge on any atom is 0.230 e. The van der Waals surface area contributed by atoms with E-state index in [9.17, 15) is 4.79 Å². The molecule has 0 saturated heterocycles.